The Morgan fingerprint density at radius 3 is 2.53 bits per heavy atom. The van der Waals surface area contributed by atoms with Gasteiger partial charge in [-0.1, -0.05) is 25.0 Å². The van der Waals surface area contributed by atoms with Crippen molar-refractivity contribution in [2.45, 2.75) is 37.7 Å². The maximum Gasteiger partial charge on any atom is 0.188 e. The zero-order chi connectivity index (χ0) is 12.1. The van der Waals surface area contributed by atoms with Gasteiger partial charge in [-0.25, -0.2) is 0 Å². The van der Waals surface area contributed by atoms with Gasteiger partial charge in [0.25, 0.3) is 0 Å². The van der Waals surface area contributed by atoms with Gasteiger partial charge in [-0.2, -0.15) is 0 Å². The monoisotopic (exact) mass is 236 g/mol. The number of rotatable bonds is 4. The van der Waals surface area contributed by atoms with Crippen LogP contribution in [0.5, 0.6) is 5.75 Å². The first-order valence-corrected chi connectivity index (χ1v) is 6.21. The van der Waals surface area contributed by atoms with Gasteiger partial charge in [0.1, 0.15) is 5.75 Å². The molecule has 1 aliphatic carbocycles. The molecule has 0 spiro atoms. The van der Waals surface area contributed by atoms with E-state index in [1.54, 1.807) is 7.11 Å². The summed E-state index contributed by atoms with van der Waals surface area (Å²) >= 11 is 0. The van der Waals surface area contributed by atoms with Crippen LogP contribution in [0.2, 0.25) is 0 Å². The molecule has 3 heteroatoms. The van der Waals surface area contributed by atoms with E-state index in [1.165, 1.54) is 12.0 Å². The average molecular weight is 236 g/mol. The van der Waals surface area contributed by atoms with E-state index in [9.17, 15) is 5.11 Å². The minimum atomic E-state index is -0.186. The van der Waals surface area contributed by atoms with Crippen LogP contribution in [0.3, 0.4) is 0 Å². The number of benzene rings is 1. The molecule has 2 unspecified atom stereocenters. The molecular weight excluding hydrogens is 216 g/mol. The lowest BCUT2D eigenvalue weighted by Crippen LogP contribution is -2.22. The van der Waals surface area contributed by atoms with Crippen LogP contribution < -0.4 is 4.74 Å². The van der Waals surface area contributed by atoms with Gasteiger partial charge in [-0.05, 0) is 30.5 Å². The predicted octanol–water partition coefficient (Wildman–Crippen LogP) is 2.69. The summed E-state index contributed by atoms with van der Waals surface area (Å²) in [5.41, 5.74) is 1.21. The van der Waals surface area contributed by atoms with E-state index in [-0.39, 0.29) is 12.9 Å². The highest BCUT2D eigenvalue weighted by Crippen LogP contribution is 2.33. The molecule has 0 amide bonds. The van der Waals surface area contributed by atoms with E-state index in [1.807, 2.05) is 24.3 Å². The fourth-order valence-corrected chi connectivity index (χ4v) is 2.44. The van der Waals surface area contributed by atoms with Crippen molar-refractivity contribution < 1.29 is 14.6 Å². The Kier molecular flexibility index (Phi) is 4.40. The predicted molar refractivity (Wildman–Crippen MR) is 66.2 cm³/mol. The highest BCUT2D eigenvalue weighted by atomic mass is 16.7. The molecule has 1 saturated carbocycles. The van der Waals surface area contributed by atoms with Gasteiger partial charge in [0, 0.05) is 13.0 Å². The van der Waals surface area contributed by atoms with E-state index in [0.717, 1.165) is 25.0 Å². The van der Waals surface area contributed by atoms with Crippen LogP contribution in [0.25, 0.3) is 0 Å². The zero-order valence-corrected chi connectivity index (χ0v) is 10.3. The van der Waals surface area contributed by atoms with Gasteiger partial charge in [-0.15, -0.1) is 0 Å². The van der Waals surface area contributed by atoms with Crippen molar-refractivity contribution in [3.63, 3.8) is 0 Å². The Bertz CT molecular complexity index is 334. The Hall–Kier alpha value is -1.06. The topological polar surface area (TPSA) is 38.7 Å². The molecule has 0 saturated heterocycles. The SMILES string of the molecule is COCOc1ccc(C2CCCCC2O)cc1. The first kappa shape index (κ1) is 12.4. The number of hydrogen-bond acceptors (Lipinski definition) is 3. The smallest absolute Gasteiger partial charge is 0.188 e. The second-order valence-electron chi connectivity index (χ2n) is 4.58. The molecule has 0 radical (unpaired) electrons. The van der Waals surface area contributed by atoms with Crippen LogP contribution in [0, 0.1) is 0 Å². The molecule has 0 bridgehead atoms. The molecule has 1 N–H and O–H groups in total. The standard InChI is InChI=1S/C14H20O3/c1-16-10-17-12-8-6-11(7-9-12)13-4-2-3-5-14(13)15/h6-9,13-15H,2-5,10H2,1H3. The van der Waals surface area contributed by atoms with Gasteiger partial charge >= 0.3 is 0 Å². The van der Waals surface area contributed by atoms with Crippen LogP contribution in [0.4, 0.5) is 0 Å². The molecule has 0 heterocycles. The van der Waals surface area contributed by atoms with Gasteiger partial charge in [0.15, 0.2) is 6.79 Å². The summed E-state index contributed by atoms with van der Waals surface area (Å²) in [6.07, 6.45) is 4.18. The summed E-state index contributed by atoms with van der Waals surface area (Å²) in [6, 6.07) is 7.97. The number of methoxy groups -OCH3 is 1. The summed E-state index contributed by atoms with van der Waals surface area (Å²) in [4.78, 5) is 0. The average Bonchev–Trinajstić information content (AvgIpc) is 2.38. The van der Waals surface area contributed by atoms with Crippen LogP contribution in [0.1, 0.15) is 37.2 Å². The number of hydrogen-bond donors (Lipinski definition) is 1. The minimum Gasteiger partial charge on any atom is -0.468 e. The second kappa shape index (κ2) is 6.03. The lowest BCUT2D eigenvalue weighted by Gasteiger charge is -2.27. The summed E-state index contributed by atoms with van der Waals surface area (Å²) < 4.78 is 10.2. The van der Waals surface area contributed by atoms with Crippen molar-refractivity contribution in [3.8, 4) is 5.75 Å². The highest BCUT2D eigenvalue weighted by Gasteiger charge is 2.24. The fourth-order valence-electron chi connectivity index (χ4n) is 2.44. The largest absolute Gasteiger partial charge is 0.468 e. The third-order valence-electron chi connectivity index (χ3n) is 3.38. The summed E-state index contributed by atoms with van der Waals surface area (Å²) in [6.45, 7) is 0.269. The molecule has 1 fully saturated rings. The first-order valence-electron chi connectivity index (χ1n) is 6.21. The molecule has 2 atom stereocenters. The van der Waals surface area contributed by atoms with Crippen LogP contribution in [0.15, 0.2) is 24.3 Å². The summed E-state index contributed by atoms with van der Waals surface area (Å²) in [5, 5.41) is 9.98. The lowest BCUT2D eigenvalue weighted by molar-refractivity contribution is 0.0510. The maximum atomic E-state index is 9.98. The molecule has 1 aromatic rings. The Balaban J connectivity index is 2.01. The molecule has 17 heavy (non-hydrogen) atoms. The highest BCUT2D eigenvalue weighted by molar-refractivity contribution is 5.30. The van der Waals surface area contributed by atoms with Crippen LogP contribution in [-0.2, 0) is 4.74 Å². The second-order valence-corrected chi connectivity index (χ2v) is 4.58. The van der Waals surface area contributed by atoms with Crippen LogP contribution >= 0.6 is 0 Å². The van der Waals surface area contributed by atoms with E-state index >= 15 is 0 Å². The molecule has 3 nitrogen and oxygen atoms in total. The molecule has 0 aromatic heterocycles. The Morgan fingerprint density at radius 1 is 1.18 bits per heavy atom. The fraction of sp³-hybridized carbons (Fsp3) is 0.571. The summed E-state index contributed by atoms with van der Waals surface area (Å²) in [7, 11) is 1.60. The van der Waals surface area contributed by atoms with Crippen molar-refractivity contribution in [1.82, 2.24) is 0 Å². The van der Waals surface area contributed by atoms with Gasteiger partial charge in [0.2, 0.25) is 0 Å². The number of ether oxygens (including phenoxy) is 2. The van der Waals surface area contributed by atoms with E-state index in [4.69, 9.17) is 9.47 Å². The quantitative estimate of drug-likeness (QED) is 0.817. The third-order valence-corrected chi connectivity index (χ3v) is 3.38. The van der Waals surface area contributed by atoms with Crippen molar-refractivity contribution in [3.05, 3.63) is 29.8 Å². The zero-order valence-electron chi connectivity index (χ0n) is 10.3. The van der Waals surface area contributed by atoms with Crippen molar-refractivity contribution in [1.29, 1.82) is 0 Å². The van der Waals surface area contributed by atoms with E-state index < -0.39 is 0 Å². The molecule has 2 rings (SSSR count). The summed E-state index contributed by atoms with van der Waals surface area (Å²) in [5.74, 6) is 1.10. The number of aliphatic hydroxyl groups is 1. The lowest BCUT2D eigenvalue weighted by atomic mass is 9.82. The minimum absolute atomic E-state index is 0.186. The van der Waals surface area contributed by atoms with Crippen molar-refractivity contribution >= 4 is 0 Å². The normalized spacial score (nSPS) is 24.6. The maximum absolute atomic E-state index is 9.98. The third kappa shape index (κ3) is 3.20. The van der Waals surface area contributed by atoms with Gasteiger partial charge in [-0.3, -0.25) is 0 Å². The molecule has 94 valence electrons. The molecular formula is C14H20O3. The Morgan fingerprint density at radius 2 is 1.88 bits per heavy atom. The van der Waals surface area contributed by atoms with Crippen molar-refractivity contribution in [2.24, 2.45) is 0 Å². The first-order chi connectivity index (χ1) is 8.31. The van der Waals surface area contributed by atoms with E-state index in [2.05, 4.69) is 0 Å². The van der Waals surface area contributed by atoms with Crippen molar-refractivity contribution in [2.75, 3.05) is 13.9 Å². The van der Waals surface area contributed by atoms with Gasteiger partial charge < -0.3 is 14.6 Å². The van der Waals surface area contributed by atoms with Crippen LogP contribution in [-0.4, -0.2) is 25.1 Å². The van der Waals surface area contributed by atoms with E-state index in [0.29, 0.717) is 5.92 Å². The van der Waals surface area contributed by atoms with Gasteiger partial charge in [0.05, 0.1) is 6.10 Å². The Labute approximate surface area is 102 Å². The molecule has 0 aliphatic heterocycles. The number of aliphatic hydroxyl groups excluding tert-OH is 1. The molecule has 1 aliphatic rings. The molecule has 1 aromatic carbocycles.